The van der Waals surface area contributed by atoms with Crippen molar-refractivity contribution in [1.82, 2.24) is 9.47 Å². The quantitative estimate of drug-likeness (QED) is 0.508. The van der Waals surface area contributed by atoms with Gasteiger partial charge in [-0.05, 0) is 66.0 Å². The molecular weight excluding hydrogens is 418 g/mol. The van der Waals surface area contributed by atoms with Crippen LogP contribution in [0.25, 0.3) is 0 Å². The first-order valence-electron chi connectivity index (χ1n) is 11.2. The highest BCUT2D eigenvalue weighted by Crippen LogP contribution is 2.37. The fourth-order valence-electron chi connectivity index (χ4n) is 4.56. The molecule has 0 bridgehead atoms. The van der Waals surface area contributed by atoms with Gasteiger partial charge in [0.2, 0.25) is 0 Å². The van der Waals surface area contributed by atoms with Gasteiger partial charge in [-0.3, -0.25) is 0 Å². The molecule has 32 heavy (non-hydrogen) atoms. The van der Waals surface area contributed by atoms with Crippen LogP contribution in [0.1, 0.15) is 42.3 Å². The number of fused-ring (bicyclic) bond motifs is 1. The van der Waals surface area contributed by atoms with Crippen molar-refractivity contribution in [2.45, 2.75) is 39.3 Å². The van der Waals surface area contributed by atoms with Crippen LogP contribution in [0.5, 0.6) is 11.5 Å². The van der Waals surface area contributed by atoms with Crippen LogP contribution in [-0.2, 0) is 19.4 Å². The van der Waals surface area contributed by atoms with Crippen LogP contribution >= 0.6 is 12.2 Å². The number of rotatable bonds is 6. The van der Waals surface area contributed by atoms with Crippen molar-refractivity contribution in [3.8, 4) is 11.5 Å². The van der Waals surface area contributed by atoms with Crippen molar-refractivity contribution < 1.29 is 9.47 Å². The Morgan fingerprint density at radius 2 is 1.69 bits per heavy atom. The number of para-hydroxylation sites is 1. The Morgan fingerprint density at radius 3 is 2.34 bits per heavy atom. The number of nitrogens with zero attached hydrogens (tertiary/aromatic N) is 2. The largest absolute Gasteiger partial charge is 0.493 e. The van der Waals surface area contributed by atoms with Gasteiger partial charge < -0.3 is 24.3 Å². The molecule has 0 spiro atoms. The number of nitrogens with one attached hydrogen (secondary N) is 1. The summed E-state index contributed by atoms with van der Waals surface area (Å²) in [6.45, 7) is 6.08. The Labute approximate surface area is 196 Å². The summed E-state index contributed by atoms with van der Waals surface area (Å²) in [4.78, 5) is 2.29. The fraction of sp³-hybridized carbons (Fsp3) is 0.346. The van der Waals surface area contributed by atoms with E-state index in [1.54, 1.807) is 14.2 Å². The number of thiocarbonyl (C=S) groups is 1. The summed E-state index contributed by atoms with van der Waals surface area (Å²) in [5.74, 6) is 1.44. The second-order valence-electron chi connectivity index (χ2n) is 7.93. The van der Waals surface area contributed by atoms with Crippen molar-refractivity contribution in [2.24, 2.45) is 0 Å². The molecule has 2 heterocycles. The van der Waals surface area contributed by atoms with Crippen molar-refractivity contribution in [3.63, 3.8) is 0 Å². The molecule has 0 aliphatic carbocycles. The summed E-state index contributed by atoms with van der Waals surface area (Å²) in [7, 11) is 3.33. The zero-order valence-corrected chi connectivity index (χ0v) is 20.0. The summed E-state index contributed by atoms with van der Waals surface area (Å²) in [6.07, 6.45) is 4.06. The maximum Gasteiger partial charge on any atom is 0.174 e. The highest BCUT2D eigenvalue weighted by Gasteiger charge is 2.31. The van der Waals surface area contributed by atoms with Crippen molar-refractivity contribution in [2.75, 3.05) is 26.1 Å². The zero-order valence-electron chi connectivity index (χ0n) is 19.2. The molecule has 1 aromatic heterocycles. The van der Waals surface area contributed by atoms with Crippen LogP contribution < -0.4 is 14.8 Å². The minimum Gasteiger partial charge on any atom is -0.493 e. The zero-order chi connectivity index (χ0) is 22.7. The van der Waals surface area contributed by atoms with Crippen LogP contribution in [0.2, 0.25) is 0 Å². The van der Waals surface area contributed by atoms with Gasteiger partial charge >= 0.3 is 0 Å². The molecule has 0 fully saturated rings. The first kappa shape index (κ1) is 22.2. The maximum atomic E-state index is 6.01. The van der Waals surface area contributed by atoms with Crippen LogP contribution in [-0.4, -0.2) is 35.3 Å². The topological polar surface area (TPSA) is 38.7 Å². The average Bonchev–Trinajstić information content (AvgIpc) is 3.32. The van der Waals surface area contributed by atoms with Crippen molar-refractivity contribution >= 4 is 23.0 Å². The van der Waals surface area contributed by atoms with E-state index in [-0.39, 0.29) is 6.04 Å². The highest BCUT2D eigenvalue weighted by atomic mass is 32.1. The van der Waals surface area contributed by atoms with Gasteiger partial charge in [0, 0.05) is 30.7 Å². The predicted molar refractivity (Wildman–Crippen MR) is 134 cm³/mol. The van der Waals surface area contributed by atoms with E-state index < -0.39 is 0 Å². The molecule has 1 atom stereocenters. The molecule has 1 aliphatic heterocycles. The van der Waals surface area contributed by atoms with E-state index >= 15 is 0 Å². The van der Waals surface area contributed by atoms with E-state index in [1.165, 1.54) is 16.8 Å². The third-order valence-electron chi connectivity index (χ3n) is 6.25. The molecule has 6 heteroatoms. The summed E-state index contributed by atoms with van der Waals surface area (Å²) < 4.78 is 13.3. The smallest absolute Gasteiger partial charge is 0.174 e. The van der Waals surface area contributed by atoms with Crippen molar-refractivity contribution in [1.29, 1.82) is 0 Å². The standard InChI is InChI=1S/C26H31N3O2S/c1-5-18-9-7-10-19(6-2)24(18)27-26(32)29-16-15-28-14-8-11-21(28)25(29)20-12-13-22(30-3)23(17-20)31-4/h7-14,17,25H,5-6,15-16H2,1-4H3,(H,27,32)/t25-/m0/s1. The predicted octanol–water partition coefficient (Wildman–Crippen LogP) is 5.43. The number of methoxy groups -OCH3 is 2. The summed E-state index contributed by atoms with van der Waals surface area (Å²) >= 11 is 6.01. The van der Waals surface area contributed by atoms with E-state index in [0.717, 1.165) is 53.8 Å². The molecule has 4 rings (SSSR count). The van der Waals surface area contributed by atoms with Crippen molar-refractivity contribution in [3.05, 3.63) is 77.1 Å². The van der Waals surface area contributed by atoms with Crippen LogP contribution in [0, 0.1) is 0 Å². The molecule has 1 N–H and O–H groups in total. The van der Waals surface area contributed by atoms with Crippen LogP contribution in [0.15, 0.2) is 54.7 Å². The summed E-state index contributed by atoms with van der Waals surface area (Å²) in [5.41, 5.74) is 6.05. The lowest BCUT2D eigenvalue weighted by atomic mass is 9.99. The van der Waals surface area contributed by atoms with E-state index in [2.05, 4.69) is 77.3 Å². The second-order valence-corrected chi connectivity index (χ2v) is 8.31. The van der Waals surface area contributed by atoms with E-state index in [9.17, 15) is 0 Å². The van der Waals surface area contributed by atoms with Gasteiger partial charge in [-0.2, -0.15) is 0 Å². The minimum absolute atomic E-state index is 0.0163. The van der Waals surface area contributed by atoms with Gasteiger partial charge in [0.15, 0.2) is 16.6 Å². The lowest BCUT2D eigenvalue weighted by Crippen LogP contribution is -2.44. The molecule has 2 aromatic carbocycles. The molecule has 0 unspecified atom stereocenters. The normalized spacial score (nSPS) is 15.2. The van der Waals surface area contributed by atoms with E-state index in [1.807, 2.05) is 6.07 Å². The Bertz CT molecular complexity index is 1090. The molecule has 1 aliphatic rings. The number of benzene rings is 2. The Balaban J connectivity index is 1.73. The fourth-order valence-corrected chi connectivity index (χ4v) is 4.86. The molecule has 0 saturated heterocycles. The Kier molecular flexibility index (Phi) is 6.70. The van der Waals surface area contributed by atoms with Gasteiger partial charge in [-0.1, -0.05) is 38.1 Å². The second kappa shape index (κ2) is 9.65. The van der Waals surface area contributed by atoms with E-state index in [0.29, 0.717) is 0 Å². The van der Waals surface area contributed by atoms with Crippen LogP contribution in [0.4, 0.5) is 5.69 Å². The van der Waals surface area contributed by atoms with Gasteiger partial charge in [-0.25, -0.2) is 0 Å². The number of hydrogen-bond donors (Lipinski definition) is 1. The lowest BCUT2D eigenvalue weighted by Gasteiger charge is -2.39. The monoisotopic (exact) mass is 449 g/mol. The number of ether oxygens (including phenoxy) is 2. The van der Waals surface area contributed by atoms with Gasteiger partial charge in [0.05, 0.1) is 20.3 Å². The lowest BCUT2D eigenvalue weighted by molar-refractivity contribution is 0.291. The first-order chi connectivity index (χ1) is 15.6. The minimum atomic E-state index is -0.0163. The number of aromatic nitrogens is 1. The molecule has 0 amide bonds. The first-order valence-corrected chi connectivity index (χ1v) is 11.6. The Hall–Kier alpha value is -2.99. The summed E-state index contributed by atoms with van der Waals surface area (Å²) in [5, 5.41) is 4.36. The molecule has 168 valence electrons. The third kappa shape index (κ3) is 4.07. The van der Waals surface area contributed by atoms with Gasteiger partial charge in [0.1, 0.15) is 0 Å². The number of hydrogen-bond acceptors (Lipinski definition) is 3. The molecule has 0 radical (unpaired) electrons. The third-order valence-corrected chi connectivity index (χ3v) is 6.59. The van der Waals surface area contributed by atoms with Crippen LogP contribution in [0.3, 0.4) is 0 Å². The summed E-state index contributed by atoms with van der Waals surface area (Å²) in [6, 6.07) is 16.9. The molecule has 3 aromatic rings. The number of aryl methyl sites for hydroxylation is 2. The van der Waals surface area contributed by atoms with Gasteiger partial charge in [0.25, 0.3) is 0 Å². The molecule has 5 nitrogen and oxygen atoms in total. The van der Waals surface area contributed by atoms with Gasteiger partial charge in [-0.15, -0.1) is 0 Å². The number of anilines is 1. The molecule has 0 saturated carbocycles. The SMILES string of the molecule is CCc1cccc(CC)c1NC(=S)N1CCn2cccc2[C@@H]1c1ccc(OC)c(OC)c1. The van der Waals surface area contributed by atoms with E-state index in [4.69, 9.17) is 21.7 Å². The maximum absolute atomic E-state index is 6.01. The molecular formula is C26H31N3O2S. The Morgan fingerprint density at radius 1 is 0.969 bits per heavy atom. The average molecular weight is 450 g/mol. The highest BCUT2D eigenvalue weighted by molar-refractivity contribution is 7.80.